The predicted molar refractivity (Wildman–Crippen MR) is 143 cm³/mol. The molecule has 9 nitrogen and oxygen atoms in total. The molecule has 1 aliphatic rings. The van der Waals surface area contributed by atoms with E-state index in [9.17, 15) is 30.3 Å². The standard InChI is InChI=1S/C28H53NO8/c1-3-5-7-8-9-10-11-12-13-14-15-16-17-22(31)21(29-24(32)18-6-4-2)20-36-28-27(35)26(34)25(33)23(19-30)37-28/h16-17,21-23,25-28,30-31,33-35H,3-15,18-20H2,1-2H3,(H,29,32)/b17-16+. The van der Waals surface area contributed by atoms with Crippen LogP contribution in [0.5, 0.6) is 0 Å². The highest BCUT2D eigenvalue weighted by molar-refractivity contribution is 5.76. The molecule has 0 radical (unpaired) electrons. The van der Waals surface area contributed by atoms with Gasteiger partial charge in [-0.05, 0) is 19.3 Å². The normalized spacial score (nSPS) is 25.9. The summed E-state index contributed by atoms with van der Waals surface area (Å²) in [7, 11) is 0. The lowest BCUT2D eigenvalue weighted by Gasteiger charge is -2.40. The van der Waals surface area contributed by atoms with Gasteiger partial charge in [-0.15, -0.1) is 0 Å². The van der Waals surface area contributed by atoms with Crippen molar-refractivity contribution in [2.75, 3.05) is 13.2 Å². The highest BCUT2D eigenvalue weighted by Crippen LogP contribution is 2.22. The predicted octanol–water partition coefficient (Wildman–Crippen LogP) is 2.71. The highest BCUT2D eigenvalue weighted by atomic mass is 16.7. The summed E-state index contributed by atoms with van der Waals surface area (Å²) in [5, 5.41) is 52.9. The molecule has 0 spiro atoms. The SMILES string of the molecule is CCCCCCCCCCCC/C=C/C(O)C(COC1OC(CO)C(O)C(O)C1O)NC(=O)CCCC. The van der Waals surface area contributed by atoms with Gasteiger partial charge >= 0.3 is 0 Å². The second-order valence-corrected chi connectivity index (χ2v) is 10.2. The number of aliphatic hydroxyl groups excluding tert-OH is 5. The van der Waals surface area contributed by atoms with Gasteiger partial charge in [0.2, 0.25) is 5.91 Å². The molecule has 6 N–H and O–H groups in total. The smallest absolute Gasteiger partial charge is 0.220 e. The van der Waals surface area contributed by atoms with Crippen LogP contribution in [0.3, 0.4) is 0 Å². The van der Waals surface area contributed by atoms with Crippen LogP contribution in [0.2, 0.25) is 0 Å². The summed E-state index contributed by atoms with van der Waals surface area (Å²) in [6, 6.07) is -0.791. The Hall–Kier alpha value is -1.07. The molecule has 1 amide bonds. The Morgan fingerprint density at radius 1 is 0.892 bits per heavy atom. The Labute approximate surface area is 223 Å². The number of aliphatic hydroxyl groups is 5. The van der Waals surface area contributed by atoms with Crippen molar-refractivity contribution in [3.05, 3.63) is 12.2 Å². The molecular formula is C28H53NO8. The van der Waals surface area contributed by atoms with Crippen molar-refractivity contribution in [2.45, 2.75) is 147 Å². The van der Waals surface area contributed by atoms with E-state index in [0.717, 1.165) is 32.1 Å². The minimum absolute atomic E-state index is 0.190. The van der Waals surface area contributed by atoms with Gasteiger partial charge in [0, 0.05) is 6.42 Å². The van der Waals surface area contributed by atoms with Crippen LogP contribution in [0.15, 0.2) is 12.2 Å². The number of ether oxygens (including phenoxy) is 2. The number of allylic oxidation sites excluding steroid dienone is 1. The van der Waals surface area contributed by atoms with Crippen molar-refractivity contribution in [1.29, 1.82) is 0 Å². The van der Waals surface area contributed by atoms with E-state index < -0.39 is 49.5 Å². The van der Waals surface area contributed by atoms with Gasteiger partial charge in [0.25, 0.3) is 0 Å². The molecule has 0 aromatic heterocycles. The first-order chi connectivity index (χ1) is 17.8. The average molecular weight is 532 g/mol. The van der Waals surface area contributed by atoms with Crippen molar-refractivity contribution in [2.24, 2.45) is 0 Å². The molecule has 1 heterocycles. The highest BCUT2D eigenvalue weighted by Gasteiger charge is 2.44. The number of rotatable bonds is 21. The number of hydrogen-bond donors (Lipinski definition) is 6. The summed E-state index contributed by atoms with van der Waals surface area (Å²) in [5.74, 6) is -0.216. The Morgan fingerprint density at radius 2 is 1.49 bits per heavy atom. The van der Waals surface area contributed by atoms with Crippen molar-refractivity contribution in [3.63, 3.8) is 0 Å². The summed E-state index contributed by atoms with van der Waals surface area (Å²) >= 11 is 0. The number of hydrogen-bond acceptors (Lipinski definition) is 8. The quantitative estimate of drug-likeness (QED) is 0.0978. The molecular weight excluding hydrogens is 478 g/mol. The third-order valence-electron chi connectivity index (χ3n) is 6.86. The van der Waals surface area contributed by atoms with Gasteiger partial charge < -0.3 is 40.3 Å². The molecule has 1 saturated heterocycles. The number of unbranched alkanes of at least 4 members (excludes halogenated alkanes) is 11. The fourth-order valence-electron chi connectivity index (χ4n) is 4.36. The van der Waals surface area contributed by atoms with Gasteiger partial charge in [0.1, 0.15) is 24.4 Å². The summed E-state index contributed by atoms with van der Waals surface area (Å²) in [5.41, 5.74) is 0. The summed E-state index contributed by atoms with van der Waals surface area (Å²) in [4.78, 5) is 12.3. The largest absolute Gasteiger partial charge is 0.394 e. The Kier molecular flexibility index (Phi) is 19.1. The second-order valence-electron chi connectivity index (χ2n) is 10.2. The molecule has 9 heteroatoms. The van der Waals surface area contributed by atoms with Crippen molar-refractivity contribution >= 4 is 5.91 Å². The van der Waals surface area contributed by atoms with Gasteiger partial charge in [0.05, 0.1) is 25.4 Å². The van der Waals surface area contributed by atoms with E-state index in [0.29, 0.717) is 6.42 Å². The summed E-state index contributed by atoms with van der Waals surface area (Å²) in [6.45, 7) is 3.46. The fraction of sp³-hybridized carbons (Fsp3) is 0.893. The van der Waals surface area contributed by atoms with E-state index in [1.165, 1.54) is 51.4 Å². The van der Waals surface area contributed by atoms with Crippen molar-refractivity contribution in [1.82, 2.24) is 5.32 Å². The van der Waals surface area contributed by atoms with E-state index in [-0.39, 0.29) is 12.5 Å². The Bertz CT molecular complexity index is 603. The Morgan fingerprint density at radius 3 is 2.08 bits per heavy atom. The molecule has 37 heavy (non-hydrogen) atoms. The van der Waals surface area contributed by atoms with Crippen molar-refractivity contribution < 1.29 is 39.8 Å². The van der Waals surface area contributed by atoms with Gasteiger partial charge in [0.15, 0.2) is 6.29 Å². The molecule has 0 saturated carbocycles. The zero-order valence-electron chi connectivity index (χ0n) is 23.0. The topological polar surface area (TPSA) is 149 Å². The third-order valence-corrected chi connectivity index (χ3v) is 6.86. The van der Waals surface area contributed by atoms with Gasteiger partial charge in [-0.3, -0.25) is 4.79 Å². The van der Waals surface area contributed by atoms with Crippen LogP contribution in [0.4, 0.5) is 0 Å². The first-order valence-electron chi connectivity index (χ1n) is 14.4. The molecule has 1 fully saturated rings. The van der Waals surface area contributed by atoms with Crippen LogP contribution in [-0.4, -0.2) is 87.5 Å². The maximum absolute atomic E-state index is 12.3. The number of nitrogens with one attached hydrogen (secondary N) is 1. The zero-order chi connectivity index (χ0) is 27.5. The minimum atomic E-state index is -1.56. The molecule has 0 aliphatic carbocycles. The van der Waals surface area contributed by atoms with Gasteiger partial charge in [-0.2, -0.15) is 0 Å². The van der Waals surface area contributed by atoms with Crippen LogP contribution in [0.1, 0.15) is 104 Å². The lowest BCUT2D eigenvalue weighted by atomic mass is 9.99. The molecule has 0 bridgehead atoms. The van der Waals surface area contributed by atoms with Crippen molar-refractivity contribution in [3.8, 4) is 0 Å². The molecule has 1 rings (SSSR count). The Balaban J connectivity index is 2.48. The van der Waals surface area contributed by atoms with E-state index in [2.05, 4.69) is 12.2 Å². The fourth-order valence-corrected chi connectivity index (χ4v) is 4.36. The first-order valence-corrected chi connectivity index (χ1v) is 14.4. The molecule has 7 atom stereocenters. The minimum Gasteiger partial charge on any atom is -0.394 e. The molecule has 218 valence electrons. The van der Waals surface area contributed by atoms with Gasteiger partial charge in [-0.25, -0.2) is 0 Å². The van der Waals surface area contributed by atoms with E-state index >= 15 is 0 Å². The maximum Gasteiger partial charge on any atom is 0.220 e. The van der Waals surface area contributed by atoms with E-state index in [4.69, 9.17) is 9.47 Å². The van der Waals surface area contributed by atoms with Crippen LogP contribution in [-0.2, 0) is 14.3 Å². The molecule has 1 aliphatic heterocycles. The second kappa shape index (κ2) is 20.8. The van der Waals surface area contributed by atoms with E-state index in [1.54, 1.807) is 6.08 Å². The summed E-state index contributed by atoms with van der Waals surface area (Å²) in [6.07, 6.45) is 10.9. The van der Waals surface area contributed by atoms with Crippen LogP contribution < -0.4 is 5.32 Å². The average Bonchev–Trinajstić information content (AvgIpc) is 2.89. The number of carbonyl (C=O) groups excluding carboxylic acids is 1. The number of carbonyl (C=O) groups is 1. The third kappa shape index (κ3) is 14.0. The number of amides is 1. The molecule has 7 unspecified atom stereocenters. The monoisotopic (exact) mass is 531 g/mol. The lowest BCUT2D eigenvalue weighted by molar-refractivity contribution is -0.302. The zero-order valence-corrected chi connectivity index (χ0v) is 23.0. The first kappa shape index (κ1) is 34.0. The van der Waals surface area contributed by atoms with Crippen LogP contribution in [0, 0.1) is 0 Å². The van der Waals surface area contributed by atoms with Crippen LogP contribution >= 0.6 is 0 Å². The van der Waals surface area contributed by atoms with E-state index in [1.807, 2.05) is 13.0 Å². The summed E-state index contributed by atoms with van der Waals surface area (Å²) < 4.78 is 10.9. The lowest BCUT2D eigenvalue weighted by Crippen LogP contribution is -2.60. The molecule has 0 aromatic carbocycles. The maximum atomic E-state index is 12.3. The molecule has 0 aromatic rings. The van der Waals surface area contributed by atoms with Crippen LogP contribution in [0.25, 0.3) is 0 Å². The van der Waals surface area contributed by atoms with Gasteiger partial charge in [-0.1, -0.05) is 90.2 Å².